The fourth-order valence-corrected chi connectivity index (χ4v) is 2.52. The summed E-state index contributed by atoms with van der Waals surface area (Å²) in [5.74, 6) is 0.307. The molecule has 1 rings (SSSR count). The Hall–Kier alpha value is -0.570. The van der Waals surface area contributed by atoms with E-state index in [0.29, 0.717) is 12.0 Å². The van der Waals surface area contributed by atoms with Crippen LogP contribution in [0.3, 0.4) is 0 Å². The van der Waals surface area contributed by atoms with E-state index in [4.69, 9.17) is 5.73 Å². The summed E-state index contributed by atoms with van der Waals surface area (Å²) in [5, 5.41) is 0. The number of nitrogens with two attached hydrogens (primary N) is 1. The maximum atomic E-state index is 11.3. The Labute approximate surface area is 93.0 Å². The van der Waals surface area contributed by atoms with E-state index >= 15 is 0 Å². The molecule has 3 heteroatoms. The molecule has 0 aromatic heterocycles. The third-order valence-electron chi connectivity index (χ3n) is 4.08. The minimum atomic E-state index is -0.336. The second-order valence-corrected chi connectivity index (χ2v) is 5.55. The summed E-state index contributed by atoms with van der Waals surface area (Å²) in [5.41, 5.74) is 5.11. The van der Waals surface area contributed by atoms with Gasteiger partial charge in [-0.25, -0.2) is 0 Å². The predicted octanol–water partition coefficient (Wildman–Crippen LogP) is 1.62. The van der Waals surface area contributed by atoms with E-state index < -0.39 is 0 Å². The third kappa shape index (κ3) is 2.71. The van der Waals surface area contributed by atoms with Crippen molar-refractivity contribution in [2.75, 3.05) is 14.1 Å². The second-order valence-electron chi connectivity index (χ2n) is 5.55. The number of hydrogen-bond acceptors (Lipinski definition) is 2. The van der Waals surface area contributed by atoms with Gasteiger partial charge in [-0.2, -0.15) is 0 Å². The van der Waals surface area contributed by atoms with E-state index in [9.17, 15) is 4.79 Å². The summed E-state index contributed by atoms with van der Waals surface area (Å²) < 4.78 is 0. The van der Waals surface area contributed by atoms with Crippen LogP contribution in [0.5, 0.6) is 0 Å². The van der Waals surface area contributed by atoms with Crippen LogP contribution in [0.4, 0.5) is 0 Å². The quantitative estimate of drug-likeness (QED) is 0.772. The zero-order valence-electron chi connectivity index (χ0n) is 10.4. The van der Waals surface area contributed by atoms with Crippen LogP contribution in [-0.2, 0) is 4.79 Å². The topological polar surface area (TPSA) is 46.3 Å². The van der Waals surface area contributed by atoms with Gasteiger partial charge in [-0.15, -0.1) is 0 Å². The Morgan fingerprint density at radius 3 is 2.00 bits per heavy atom. The summed E-state index contributed by atoms with van der Waals surface area (Å²) in [6, 6.07) is 0.685. The van der Waals surface area contributed by atoms with Crippen molar-refractivity contribution < 1.29 is 4.79 Å². The lowest BCUT2D eigenvalue weighted by molar-refractivity contribution is -0.129. The van der Waals surface area contributed by atoms with Gasteiger partial charge in [-0.1, -0.05) is 13.8 Å². The maximum Gasteiger partial charge on any atom is 0.223 e. The van der Waals surface area contributed by atoms with Gasteiger partial charge in [-0.05, 0) is 45.7 Å². The minimum absolute atomic E-state index is 0.157. The molecule has 0 aliphatic heterocycles. The van der Waals surface area contributed by atoms with Crippen molar-refractivity contribution in [1.82, 2.24) is 4.90 Å². The Balaban J connectivity index is 2.54. The lowest BCUT2D eigenvalue weighted by atomic mass is 9.69. The first-order valence-electron chi connectivity index (χ1n) is 5.82. The molecule has 0 radical (unpaired) electrons. The molecular weight excluding hydrogens is 188 g/mol. The number of primary amides is 1. The van der Waals surface area contributed by atoms with Gasteiger partial charge in [0.2, 0.25) is 5.91 Å². The summed E-state index contributed by atoms with van der Waals surface area (Å²) in [4.78, 5) is 13.6. The van der Waals surface area contributed by atoms with Crippen LogP contribution in [0, 0.1) is 11.3 Å². The van der Waals surface area contributed by atoms with Crippen molar-refractivity contribution >= 4 is 5.91 Å². The summed E-state index contributed by atoms with van der Waals surface area (Å²) in [6.07, 6.45) is 4.63. The normalized spacial score (nSPS) is 28.1. The van der Waals surface area contributed by atoms with E-state index in [-0.39, 0.29) is 11.3 Å². The molecule has 15 heavy (non-hydrogen) atoms. The fraction of sp³-hybridized carbons (Fsp3) is 0.917. The molecule has 1 aliphatic carbocycles. The standard InChI is InChI=1S/C12H24N2O/c1-12(2,11(13)15)9-5-7-10(8-6-9)14(3)4/h9-10H,5-8H2,1-4H3,(H2,13,15)/t9-,10+. The van der Waals surface area contributed by atoms with E-state index in [2.05, 4.69) is 19.0 Å². The summed E-state index contributed by atoms with van der Waals surface area (Å²) in [7, 11) is 4.26. The molecule has 0 heterocycles. The van der Waals surface area contributed by atoms with E-state index in [0.717, 1.165) is 12.8 Å². The first-order valence-corrected chi connectivity index (χ1v) is 5.82. The van der Waals surface area contributed by atoms with Crippen LogP contribution in [0.2, 0.25) is 0 Å². The molecule has 88 valence electrons. The highest BCUT2D eigenvalue weighted by Gasteiger charge is 2.37. The lowest BCUT2D eigenvalue weighted by Crippen LogP contribution is -2.42. The van der Waals surface area contributed by atoms with E-state index in [1.165, 1.54) is 12.8 Å². The Kier molecular flexibility index (Phi) is 3.77. The van der Waals surface area contributed by atoms with Crippen molar-refractivity contribution in [2.24, 2.45) is 17.1 Å². The van der Waals surface area contributed by atoms with Crippen LogP contribution in [0.25, 0.3) is 0 Å². The zero-order valence-corrected chi connectivity index (χ0v) is 10.4. The molecule has 0 saturated heterocycles. The molecule has 1 amide bonds. The first-order chi connectivity index (χ1) is 6.85. The smallest absolute Gasteiger partial charge is 0.223 e. The highest BCUT2D eigenvalue weighted by Crippen LogP contribution is 2.38. The average molecular weight is 212 g/mol. The highest BCUT2D eigenvalue weighted by molar-refractivity contribution is 5.80. The molecule has 0 aromatic carbocycles. The number of rotatable bonds is 3. The molecule has 0 bridgehead atoms. The van der Waals surface area contributed by atoms with Crippen LogP contribution >= 0.6 is 0 Å². The van der Waals surface area contributed by atoms with Gasteiger partial charge in [0.15, 0.2) is 0 Å². The van der Waals surface area contributed by atoms with Gasteiger partial charge in [0.05, 0.1) is 0 Å². The number of carbonyl (C=O) groups excluding carboxylic acids is 1. The van der Waals surface area contributed by atoms with Crippen molar-refractivity contribution in [3.8, 4) is 0 Å². The number of hydrogen-bond donors (Lipinski definition) is 1. The molecule has 0 aromatic rings. The molecule has 1 aliphatic rings. The number of nitrogens with zero attached hydrogens (tertiary/aromatic N) is 1. The summed E-state index contributed by atoms with van der Waals surface area (Å²) in [6.45, 7) is 3.96. The number of amides is 1. The number of carbonyl (C=O) groups is 1. The fourth-order valence-electron chi connectivity index (χ4n) is 2.52. The van der Waals surface area contributed by atoms with E-state index in [1.54, 1.807) is 0 Å². The highest BCUT2D eigenvalue weighted by atomic mass is 16.1. The molecule has 1 fully saturated rings. The Bertz CT molecular complexity index is 228. The van der Waals surface area contributed by atoms with Gasteiger partial charge < -0.3 is 10.6 Å². The first kappa shape index (κ1) is 12.5. The van der Waals surface area contributed by atoms with Crippen molar-refractivity contribution in [2.45, 2.75) is 45.6 Å². The molecule has 0 unspecified atom stereocenters. The Morgan fingerprint density at radius 2 is 1.67 bits per heavy atom. The van der Waals surface area contributed by atoms with Gasteiger partial charge in [0.25, 0.3) is 0 Å². The van der Waals surface area contributed by atoms with Crippen molar-refractivity contribution in [3.63, 3.8) is 0 Å². The largest absolute Gasteiger partial charge is 0.369 e. The van der Waals surface area contributed by atoms with E-state index in [1.807, 2.05) is 13.8 Å². The zero-order chi connectivity index (χ0) is 11.6. The average Bonchev–Trinajstić information content (AvgIpc) is 2.17. The van der Waals surface area contributed by atoms with Crippen LogP contribution in [0.1, 0.15) is 39.5 Å². The van der Waals surface area contributed by atoms with Crippen LogP contribution < -0.4 is 5.73 Å². The maximum absolute atomic E-state index is 11.3. The molecule has 3 nitrogen and oxygen atoms in total. The van der Waals surface area contributed by atoms with Gasteiger partial charge in [0, 0.05) is 11.5 Å². The molecule has 1 saturated carbocycles. The Morgan fingerprint density at radius 1 is 1.20 bits per heavy atom. The van der Waals surface area contributed by atoms with Gasteiger partial charge >= 0.3 is 0 Å². The molecule has 0 spiro atoms. The SMILES string of the molecule is CN(C)[C@H]1CC[C@@H](C(C)(C)C(N)=O)CC1. The molecular formula is C12H24N2O. The monoisotopic (exact) mass is 212 g/mol. The van der Waals surface area contributed by atoms with Crippen molar-refractivity contribution in [3.05, 3.63) is 0 Å². The van der Waals surface area contributed by atoms with Gasteiger partial charge in [0.1, 0.15) is 0 Å². The molecule has 0 atom stereocenters. The predicted molar refractivity (Wildman–Crippen MR) is 62.4 cm³/mol. The minimum Gasteiger partial charge on any atom is -0.369 e. The van der Waals surface area contributed by atoms with Crippen LogP contribution in [0.15, 0.2) is 0 Å². The second kappa shape index (κ2) is 4.52. The van der Waals surface area contributed by atoms with Gasteiger partial charge in [-0.3, -0.25) is 4.79 Å². The van der Waals surface area contributed by atoms with Crippen LogP contribution in [-0.4, -0.2) is 30.9 Å². The summed E-state index contributed by atoms with van der Waals surface area (Å²) >= 11 is 0. The molecule has 2 N–H and O–H groups in total. The van der Waals surface area contributed by atoms with Crippen molar-refractivity contribution in [1.29, 1.82) is 0 Å². The third-order valence-corrected chi connectivity index (χ3v) is 4.08. The lowest BCUT2D eigenvalue weighted by Gasteiger charge is -2.39.